The first-order valence-corrected chi connectivity index (χ1v) is 6.30. The molecule has 1 atom stereocenters. The molecule has 19 heavy (non-hydrogen) atoms. The summed E-state index contributed by atoms with van der Waals surface area (Å²) in [4.78, 5) is 22.6. The number of hydrogen-bond acceptors (Lipinski definition) is 3. The minimum atomic E-state index is -1.02. The van der Waals surface area contributed by atoms with Gasteiger partial charge in [0.1, 0.15) is 6.10 Å². The summed E-state index contributed by atoms with van der Waals surface area (Å²) in [5, 5.41) is 11.5. The lowest BCUT2D eigenvalue weighted by Crippen LogP contribution is -2.28. The van der Waals surface area contributed by atoms with Crippen molar-refractivity contribution in [2.24, 2.45) is 0 Å². The van der Waals surface area contributed by atoms with Crippen molar-refractivity contribution < 1.29 is 19.4 Å². The summed E-state index contributed by atoms with van der Waals surface area (Å²) in [7, 11) is 0. The Bertz CT molecular complexity index is 445. The third-order valence-electron chi connectivity index (χ3n) is 2.61. The molecule has 0 aliphatic heterocycles. The predicted octanol–water partition coefficient (Wildman–Crippen LogP) is 2.53. The molecule has 0 aromatic heterocycles. The number of unbranched alkanes of at least 4 members (excludes halogenated alkanes) is 1. The number of carbonyl (C=O) groups is 2. The van der Waals surface area contributed by atoms with Crippen LogP contribution in [-0.2, 0) is 9.53 Å². The molecule has 2 N–H and O–H groups in total. The summed E-state index contributed by atoms with van der Waals surface area (Å²) in [5.74, 6) is -1.30. The van der Waals surface area contributed by atoms with E-state index >= 15 is 0 Å². The molecule has 104 valence electrons. The molecule has 0 fully saturated rings. The standard InChI is InChI=1S/C14H19NO4/c1-3-4-8-19-10(2)13(16)15-12-7-5-6-11(9-12)14(17)18/h5-7,9-10H,3-4,8H2,1-2H3,(H,15,16)(H,17,18). The first-order valence-electron chi connectivity index (χ1n) is 6.30. The van der Waals surface area contributed by atoms with E-state index in [0.29, 0.717) is 12.3 Å². The lowest BCUT2D eigenvalue weighted by atomic mass is 10.2. The van der Waals surface area contributed by atoms with Crippen LogP contribution in [0.3, 0.4) is 0 Å². The molecule has 1 aromatic rings. The van der Waals surface area contributed by atoms with Gasteiger partial charge in [0.05, 0.1) is 5.56 Å². The van der Waals surface area contributed by atoms with Crippen molar-refractivity contribution in [2.45, 2.75) is 32.8 Å². The number of aromatic carboxylic acids is 1. The molecule has 5 heteroatoms. The quantitative estimate of drug-likeness (QED) is 0.743. The summed E-state index contributed by atoms with van der Waals surface area (Å²) in [6.45, 7) is 4.26. The smallest absolute Gasteiger partial charge is 0.335 e. The Balaban J connectivity index is 2.56. The highest BCUT2D eigenvalue weighted by Gasteiger charge is 2.13. The number of nitrogens with one attached hydrogen (secondary N) is 1. The van der Waals surface area contributed by atoms with Crippen molar-refractivity contribution in [3.05, 3.63) is 29.8 Å². The molecule has 0 aliphatic rings. The third-order valence-corrected chi connectivity index (χ3v) is 2.61. The average Bonchev–Trinajstić information content (AvgIpc) is 2.39. The molecule has 0 bridgehead atoms. The number of benzene rings is 1. The highest BCUT2D eigenvalue weighted by molar-refractivity contribution is 5.95. The van der Waals surface area contributed by atoms with Crippen molar-refractivity contribution in [2.75, 3.05) is 11.9 Å². The maximum atomic E-state index is 11.8. The second-order valence-corrected chi connectivity index (χ2v) is 4.24. The van der Waals surface area contributed by atoms with E-state index < -0.39 is 12.1 Å². The van der Waals surface area contributed by atoms with E-state index in [0.717, 1.165) is 12.8 Å². The first-order chi connectivity index (χ1) is 9.04. The summed E-state index contributed by atoms with van der Waals surface area (Å²) < 4.78 is 5.37. The molecule has 0 aliphatic carbocycles. The monoisotopic (exact) mass is 265 g/mol. The van der Waals surface area contributed by atoms with Crippen molar-refractivity contribution in [3.8, 4) is 0 Å². The molecule has 5 nitrogen and oxygen atoms in total. The Morgan fingerprint density at radius 2 is 2.16 bits per heavy atom. The van der Waals surface area contributed by atoms with Crippen LogP contribution in [0.1, 0.15) is 37.0 Å². The fourth-order valence-corrected chi connectivity index (χ4v) is 1.45. The lowest BCUT2D eigenvalue weighted by molar-refractivity contribution is -0.126. The number of carboxylic acid groups (broad SMARTS) is 1. The minimum Gasteiger partial charge on any atom is -0.478 e. The Morgan fingerprint density at radius 3 is 2.79 bits per heavy atom. The second-order valence-electron chi connectivity index (χ2n) is 4.24. The van der Waals surface area contributed by atoms with Crippen molar-refractivity contribution in [1.29, 1.82) is 0 Å². The highest BCUT2D eigenvalue weighted by Crippen LogP contribution is 2.11. The Labute approximate surface area is 112 Å². The van der Waals surface area contributed by atoms with Crippen LogP contribution in [0, 0.1) is 0 Å². The zero-order valence-electron chi connectivity index (χ0n) is 11.2. The number of ether oxygens (including phenoxy) is 1. The first kappa shape index (κ1) is 15.2. The van der Waals surface area contributed by atoms with E-state index in [4.69, 9.17) is 9.84 Å². The van der Waals surface area contributed by atoms with Crippen LogP contribution in [0.5, 0.6) is 0 Å². The van der Waals surface area contributed by atoms with Crippen LogP contribution >= 0.6 is 0 Å². The minimum absolute atomic E-state index is 0.136. The Kier molecular flexibility index (Phi) is 6.02. The number of rotatable bonds is 7. The van der Waals surface area contributed by atoms with Crippen LogP contribution < -0.4 is 5.32 Å². The average molecular weight is 265 g/mol. The van der Waals surface area contributed by atoms with E-state index in [1.807, 2.05) is 6.92 Å². The van der Waals surface area contributed by atoms with Crippen LogP contribution in [-0.4, -0.2) is 29.7 Å². The van der Waals surface area contributed by atoms with E-state index in [1.165, 1.54) is 12.1 Å². The van der Waals surface area contributed by atoms with E-state index in [2.05, 4.69) is 5.32 Å². The fourth-order valence-electron chi connectivity index (χ4n) is 1.45. The van der Waals surface area contributed by atoms with Crippen LogP contribution in [0.25, 0.3) is 0 Å². The molecule has 1 unspecified atom stereocenters. The zero-order chi connectivity index (χ0) is 14.3. The Morgan fingerprint density at radius 1 is 1.42 bits per heavy atom. The van der Waals surface area contributed by atoms with Gasteiger partial charge in [-0.05, 0) is 31.5 Å². The van der Waals surface area contributed by atoms with Gasteiger partial charge in [-0.3, -0.25) is 4.79 Å². The molecule has 0 spiro atoms. The molecule has 0 radical (unpaired) electrons. The van der Waals surface area contributed by atoms with Gasteiger partial charge in [0.2, 0.25) is 0 Å². The summed E-state index contributed by atoms with van der Waals surface area (Å²) >= 11 is 0. The molecular formula is C14H19NO4. The molecule has 0 saturated heterocycles. The molecule has 1 amide bonds. The molecule has 0 heterocycles. The normalized spacial score (nSPS) is 11.9. The van der Waals surface area contributed by atoms with Crippen molar-refractivity contribution in [3.63, 3.8) is 0 Å². The van der Waals surface area contributed by atoms with Gasteiger partial charge in [-0.25, -0.2) is 4.79 Å². The number of amides is 1. The van der Waals surface area contributed by atoms with Gasteiger partial charge in [0, 0.05) is 12.3 Å². The predicted molar refractivity (Wildman–Crippen MR) is 72.4 cm³/mol. The SMILES string of the molecule is CCCCOC(C)C(=O)Nc1cccc(C(=O)O)c1. The van der Waals surface area contributed by atoms with Gasteiger partial charge in [-0.15, -0.1) is 0 Å². The summed E-state index contributed by atoms with van der Waals surface area (Å²) in [5.41, 5.74) is 0.591. The van der Waals surface area contributed by atoms with E-state index in [1.54, 1.807) is 19.1 Å². The number of hydrogen-bond donors (Lipinski definition) is 2. The largest absolute Gasteiger partial charge is 0.478 e. The maximum absolute atomic E-state index is 11.8. The molecule has 1 aromatic carbocycles. The third kappa shape index (κ3) is 5.09. The van der Waals surface area contributed by atoms with Crippen molar-refractivity contribution in [1.82, 2.24) is 0 Å². The van der Waals surface area contributed by atoms with Crippen LogP contribution in [0.2, 0.25) is 0 Å². The van der Waals surface area contributed by atoms with Gasteiger partial charge < -0.3 is 15.2 Å². The topological polar surface area (TPSA) is 75.6 Å². The van der Waals surface area contributed by atoms with Gasteiger partial charge in [0.15, 0.2) is 0 Å². The summed E-state index contributed by atoms with van der Waals surface area (Å²) in [6.07, 6.45) is 1.36. The highest BCUT2D eigenvalue weighted by atomic mass is 16.5. The maximum Gasteiger partial charge on any atom is 0.335 e. The number of anilines is 1. The fraction of sp³-hybridized carbons (Fsp3) is 0.429. The molecule has 0 saturated carbocycles. The zero-order valence-corrected chi connectivity index (χ0v) is 11.2. The van der Waals surface area contributed by atoms with Gasteiger partial charge in [-0.2, -0.15) is 0 Å². The van der Waals surface area contributed by atoms with Crippen LogP contribution in [0.15, 0.2) is 24.3 Å². The van der Waals surface area contributed by atoms with Crippen LogP contribution in [0.4, 0.5) is 5.69 Å². The van der Waals surface area contributed by atoms with Gasteiger partial charge in [0.25, 0.3) is 5.91 Å². The lowest BCUT2D eigenvalue weighted by Gasteiger charge is -2.13. The van der Waals surface area contributed by atoms with Gasteiger partial charge in [-0.1, -0.05) is 19.4 Å². The van der Waals surface area contributed by atoms with Gasteiger partial charge >= 0.3 is 5.97 Å². The molecular weight excluding hydrogens is 246 g/mol. The summed E-state index contributed by atoms with van der Waals surface area (Å²) in [6, 6.07) is 6.11. The second kappa shape index (κ2) is 7.53. The molecule has 1 rings (SSSR count). The van der Waals surface area contributed by atoms with Crippen molar-refractivity contribution >= 4 is 17.6 Å². The van der Waals surface area contributed by atoms with E-state index in [9.17, 15) is 9.59 Å². The number of carbonyl (C=O) groups excluding carboxylic acids is 1. The van der Waals surface area contributed by atoms with E-state index in [-0.39, 0.29) is 11.5 Å². The Hall–Kier alpha value is -1.88. The number of carboxylic acids is 1.